The largest absolute Gasteiger partial charge is 0.478 e. The van der Waals surface area contributed by atoms with E-state index < -0.39 is 31.5 Å². The van der Waals surface area contributed by atoms with Crippen LogP contribution in [0.25, 0.3) is 5.69 Å². The molecule has 0 bridgehead atoms. The third kappa shape index (κ3) is 5.92. The molecule has 1 aromatic heterocycles. The number of rotatable bonds is 9. The van der Waals surface area contributed by atoms with Crippen molar-refractivity contribution in [1.82, 2.24) is 4.57 Å². The molecule has 200 valence electrons. The summed E-state index contributed by atoms with van der Waals surface area (Å²) in [6.45, 7) is 3.83. The van der Waals surface area contributed by atoms with Crippen LogP contribution in [0.4, 0.5) is 17.1 Å². The number of halogens is 1. The van der Waals surface area contributed by atoms with E-state index in [9.17, 15) is 28.4 Å². The van der Waals surface area contributed by atoms with E-state index in [4.69, 9.17) is 11.6 Å². The molecule has 0 radical (unpaired) electrons. The van der Waals surface area contributed by atoms with Gasteiger partial charge in [-0.3, -0.25) is 20.3 Å². The first-order chi connectivity index (χ1) is 18.5. The molecule has 0 amide bonds. The summed E-state index contributed by atoms with van der Waals surface area (Å²) in [5, 5.41) is 25.8. The van der Waals surface area contributed by atoms with E-state index in [1.54, 1.807) is 12.1 Å². The Morgan fingerprint density at radius 2 is 1.74 bits per heavy atom. The highest BCUT2D eigenvalue weighted by Crippen LogP contribution is 2.29. The lowest BCUT2D eigenvalue weighted by molar-refractivity contribution is -0.384. The number of hydrogen-bond donors (Lipinski definition) is 3. The van der Waals surface area contributed by atoms with E-state index in [2.05, 4.69) is 15.2 Å². The van der Waals surface area contributed by atoms with Crippen LogP contribution in [-0.2, 0) is 10.0 Å². The molecule has 39 heavy (non-hydrogen) atoms. The highest BCUT2D eigenvalue weighted by atomic mass is 35.5. The number of nitrogens with zero attached hydrogens (tertiary/aromatic N) is 3. The molecule has 13 heteroatoms. The Bertz CT molecular complexity index is 1720. The summed E-state index contributed by atoms with van der Waals surface area (Å²) < 4.78 is 29.9. The van der Waals surface area contributed by atoms with Crippen LogP contribution in [0.3, 0.4) is 0 Å². The molecule has 0 saturated heterocycles. The molecule has 0 aliphatic heterocycles. The van der Waals surface area contributed by atoms with Gasteiger partial charge in [0, 0.05) is 33.7 Å². The van der Waals surface area contributed by atoms with Gasteiger partial charge in [0.15, 0.2) is 0 Å². The van der Waals surface area contributed by atoms with Crippen molar-refractivity contribution in [2.75, 3.05) is 10.1 Å². The number of para-hydroxylation sites is 1. The highest BCUT2D eigenvalue weighted by Gasteiger charge is 2.23. The van der Waals surface area contributed by atoms with Gasteiger partial charge >= 0.3 is 5.97 Å². The fraction of sp³-hybridized carbons (Fsp3) is 0.0769. The maximum Gasteiger partial charge on any atom is 0.337 e. The smallest absolute Gasteiger partial charge is 0.337 e. The van der Waals surface area contributed by atoms with Crippen LogP contribution in [0.5, 0.6) is 0 Å². The molecular formula is C26H22ClN5O6S. The second-order valence-corrected chi connectivity index (χ2v) is 10.5. The maximum atomic E-state index is 12.9. The van der Waals surface area contributed by atoms with Gasteiger partial charge in [-0.15, -0.1) is 0 Å². The first-order valence-electron chi connectivity index (χ1n) is 11.4. The van der Waals surface area contributed by atoms with Gasteiger partial charge in [-0.2, -0.15) is 5.10 Å². The summed E-state index contributed by atoms with van der Waals surface area (Å²) in [7, 11) is -4.34. The van der Waals surface area contributed by atoms with Crippen molar-refractivity contribution in [3.05, 3.63) is 110 Å². The Kier molecular flexibility index (Phi) is 7.70. The zero-order valence-corrected chi connectivity index (χ0v) is 22.2. The average molecular weight is 568 g/mol. The number of nitrogens with one attached hydrogen (secondary N) is 2. The van der Waals surface area contributed by atoms with E-state index in [0.29, 0.717) is 5.02 Å². The number of aromatic carboxylic acids is 1. The van der Waals surface area contributed by atoms with E-state index in [1.165, 1.54) is 36.5 Å². The molecule has 3 aromatic carbocycles. The summed E-state index contributed by atoms with van der Waals surface area (Å²) in [6.07, 6.45) is 1.51. The van der Waals surface area contributed by atoms with Gasteiger partial charge < -0.3 is 9.67 Å². The Morgan fingerprint density at radius 3 is 2.41 bits per heavy atom. The van der Waals surface area contributed by atoms with Gasteiger partial charge in [-0.25, -0.2) is 13.2 Å². The predicted molar refractivity (Wildman–Crippen MR) is 149 cm³/mol. The van der Waals surface area contributed by atoms with E-state index in [-0.39, 0.29) is 16.9 Å². The molecule has 0 unspecified atom stereocenters. The van der Waals surface area contributed by atoms with Crippen molar-refractivity contribution < 1.29 is 23.2 Å². The lowest BCUT2D eigenvalue weighted by Gasteiger charge is -2.11. The number of carbonyl (C=O) groups is 1. The van der Waals surface area contributed by atoms with Crippen molar-refractivity contribution in [2.24, 2.45) is 5.10 Å². The highest BCUT2D eigenvalue weighted by molar-refractivity contribution is 7.92. The lowest BCUT2D eigenvalue weighted by Crippen LogP contribution is -2.16. The minimum atomic E-state index is -4.34. The van der Waals surface area contributed by atoms with E-state index in [0.717, 1.165) is 34.8 Å². The molecule has 0 saturated carbocycles. The van der Waals surface area contributed by atoms with Crippen LogP contribution >= 0.6 is 11.6 Å². The zero-order valence-electron chi connectivity index (χ0n) is 20.6. The lowest BCUT2D eigenvalue weighted by atomic mass is 10.2. The molecule has 0 fully saturated rings. The van der Waals surface area contributed by atoms with Gasteiger partial charge in [0.25, 0.3) is 15.7 Å². The fourth-order valence-corrected chi connectivity index (χ4v) is 5.19. The monoisotopic (exact) mass is 567 g/mol. The molecule has 1 heterocycles. The summed E-state index contributed by atoms with van der Waals surface area (Å²) in [5.74, 6) is -1.33. The number of carboxylic acid groups (broad SMARTS) is 1. The maximum absolute atomic E-state index is 12.9. The van der Waals surface area contributed by atoms with Crippen molar-refractivity contribution >= 4 is 50.9 Å². The number of hydrogen-bond acceptors (Lipinski definition) is 7. The first kappa shape index (κ1) is 27.4. The van der Waals surface area contributed by atoms with Gasteiger partial charge in [0.1, 0.15) is 5.69 Å². The fourth-order valence-electron chi connectivity index (χ4n) is 3.96. The number of nitro benzene ring substituents is 1. The van der Waals surface area contributed by atoms with Crippen LogP contribution in [0, 0.1) is 24.0 Å². The normalized spacial score (nSPS) is 11.5. The number of hydrazone groups is 1. The van der Waals surface area contributed by atoms with Gasteiger partial charge in [-0.05, 0) is 68.4 Å². The molecule has 11 nitrogen and oxygen atoms in total. The topological polar surface area (TPSA) is 156 Å². The number of aromatic nitrogens is 1. The molecule has 0 atom stereocenters. The van der Waals surface area contributed by atoms with Crippen molar-refractivity contribution in [2.45, 2.75) is 18.7 Å². The Balaban J connectivity index is 1.58. The molecule has 0 aliphatic rings. The van der Waals surface area contributed by atoms with Crippen molar-refractivity contribution in [1.29, 1.82) is 0 Å². The Labute approximate surface area is 228 Å². The summed E-state index contributed by atoms with van der Waals surface area (Å²) in [5.41, 5.74) is 5.09. The second kappa shape index (κ2) is 11.0. The SMILES string of the molecule is Cc1cc(C=NNc2ccc(S(=O)(=O)Nc3ccccc3C(=O)O)cc2[N+](=O)[O-])c(C)n1-c1ccc(Cl)cc1. The number of sulfonamides is 1. The number of nitro groups is 1. The summed E-state index contributed by atoms with van der Waals surface area (Å²) in [4.78, 5) is 22.0. The zero-order chi connectivity index (χ0) is 28.3. The third-order valence-corrected chi connectivity index (χ3v) is 7.44. The van der Waals surface area contributed by atoms with Crippen LogP contribution in [0.1, 0.15) is 27.3 Å². The van der Waals surface area contributed by atoms with Gasteiger partial charge in [-0.1, -0.05) is 23.7 Å². The molecular weight excluding hydrogens is 546 g/mol. The van der Waals surface area contributed by atoms with Gasteiger partial charge in [0.05, 0.1) is 27.3 Å². The van der Waals surface area contributed by atoms with Crippen LogP contribution in [-0.4, -0.2) is 35.2 Å². The standard InChI is InChI=1S/C26H22ClN5O6S/c1-16-13-18(17(2)31(16)20-9-7-19(27)8-10-20)15-28-29-24-12-11-21(14-25(24)32(35)36)39(37,38)30-23-6-4-3-5-22(23)26(33)34/h3-15,29-30H,1-2H3,(H,33,34). The summed E-state index contributed by atoms with van der Waals surface area (Å²) >= 11 is 5.99. The van der Waals surface area contributed by atoms with Crippen molar-refractivity contribution in [3.8, 4) is 5.69 Å². The summed E-state index contributed by atoms with van der Waals surface area (Å²) in [6, 6.07) is 17.9. The van der Waals surface area contributed by atoms with Crippen LogP contribution < -0.4 is 10.1 Å². The minimum absolute atomic E-state index is 0.0346. The first-order valence-corrected chi connectivity index (χ1v) is 13.2. The van der Waals surface area contributed by atoms with Crippen LogP contribution in [0.15, 0.2) is 82.8 Å². The predicted octanol–water partition coefficient (Wildman–Crippen LogP) is 5.60. The average Bonchev–Trinajstić information content (AvgIpc) is 3.17. The van der Waals surface area contributed by atoms with E-state index in [1.807, 2.05) is 36.6 Å². The Hall–Kier alpha value is -4.68. The Morgan fingerprint density at radius 1 is 1.05 bits per heavy atom. The molecule has 4 rings (SSSR count). The van der Waals surface area contributed by atoms with E-state index >= 15 is 0 Å². The third-order valence-electron chi connectivity index (χ3n) is 5.82. The number of aryl methyl sites for hydroxylation is 1. The number of anilines is 2. The van der Waals surface area contributed by atoms with Crippen molar-refractivity contribution in [3.63, 3.8) is 0 Å². The van der Waals surface area contributed by atoms with Crippen LogP contribution in [0.2, 0.25) is 5.02 Å². The minimum Gasteiger partial charge on any atom is -0.478 e. The van der Waals surface area contributed by atoms with Gasteiger partial charge in [0.2, 0.25) is 0 Å². The molecule has 3 N–H and O–H groups in total. The number of benzene rings is 3. The second-order valence-electron chi connectivity index (χ2n) is 8.40. The molecule has 0 aliphatic carbocycles. The quantitative estimate of drug-likeness (QED) is 0.135. The number of carboxylic acids is 1. The molecule has 4 aromatic rings. The molecule has 0 spiro atoms.